The number of aliphatic hydroxyl groups excluding tert-OH is 1. The summed E-state index contributed by atoms with van der Waals surface area (Å²) in [6.45, 7) is 8.75. The van der Waals surface area contributed by atoms with Crippen LogP contribution in [0.1, 0.15) is 73.2 Å². The summed E-state index contributed by atoms with van der Waals surface area (Å²) in [4.78, 5) is 28.2. The Hall–Kier alpha value is -3.30. The molecular weight excluding hydrogens is 623 g/mol. The van der Waals surface area contributed by atoms with Gasteiger partial charge in [-0.05, 0) is 74.0 Å². The topological polar surface area (TPSA) is 128 Å². The van der Waals surface area contributed by atoms with Gasteiger partial charge in [0.2, 0.25) is 0 Å². The van der Waals surface area contributed by atoms with E-state index in [9.17, 15) is 45.1 Å². The van der Waals surface area contributed by atoms with Crippen LogP contribution in [-0.4, -0.2) is 74.1 Å². The number of nitrogens with zero attached hydrogens (tertiary/aromatic N) is 1. The van der Waals surface area contributed by atoms with Crippen LogP contribution in [0.5, 0.6) is 0 Å². The van der Waals surface area contributed by atoms with Gasteiger partial charge < -0.3 is 20.6 Å². The third kappa shape index (κ3) is 11.9. The van der Waals surface area contributed by atoms with Crippen LogP contribution in [0.3, 0.4) is 0 Å². The Morgan fingerprint density at radius 2 is 1.51 bits per heavy atom. The Morgan fingerprint density at radius 3 is 2.04 bits per heavy atom. The Labute approximate surface area is 260 Å². The van der Waals surface area contributed by atoms with Crippen molar-refractivity contribution in [2.75, 3.05) is 30.9 Å². The molecule has 0 spiro atoms. The van der Waals surface area contributed by atoms with E-state index in [0.29, 0.717) is 44.5 Å². The van der Waals surface area contributed by atoms with E-state index in [1.807, 2.05) is 27.7 Å². The minimum absolute atomic E-state index is 0.0202. The van der Waals surface area contributed by atoms with Crippen molar-refractivity contribution in [1.82, 2.24) is 15.5 Å². The molecule has 0 saturated carbocycles. The summed E-state index contributed by atoms with van der Waals surface area (Å²) in [5.74, 6) is -3.00. The van der Waals surface area contributed by atoms with Gasteiger partial charge >= 0.3 is 15.5 Å². The first-order valence-electron chi connectivity index (χ1n) is 14.6. The Kier molecular flexibility index (Phi) is 14.2. The molecule has 0 radical (unpaired) electrons. The van der Waals surface area contributed by atoms with Crippen LogP contribution in [0, 0.1) is 17.6 Å². The summed E-state index contributed by atoms with van der Waals surface area (Å²) in [6.07, 6.45) is 0.379. The Balaban J connectivity index is 2.51. The second-order valence-corrected chi connectivity index (χ2v) is 12.8. The molecule has 0 saturated heterocycles. The number of anilines is 1. The molecule has 252 valence electrons. The van der Waals surface area contributed by atoms with E-state index >= 15 is 0 Å². The zero-order valence-corrected chi connectivity index (χ0v) is 26.5. The lowest BCUT2D eigenvalue weighted by atomic mass is 9.99. The summed E-state index contributed by atoms with van der Waals surface area (Å²) in [5.41, 5.74) is -6.88. The van der Waals surface area contributed by atoms with Crippen LogP contribution >= 0.6 is 0 Å². The average Bonchev–Trinajstić information content (AvgIpc) is 2.92. The Morgan fingerprint density at radius 1 is 0.933 bits per heavy atom. The molecule has 2 amide bonds. The van der Waals surface area contributed by atoms with Crippen LogP contribution in [0.25, 0.3) is 0 Å². The van der Waals surface area contributed by atoms with Gasteiger partial charge in [0.1, 0.15) is 11.6 Å². The molecule has 0 fully saturated rings. The van der Waals surface area contributed by atoms with Gasteiger partial charge in [0.15, 0.2) is 0 Å². The molecule has 0 aliphatic heterocycles. The number of sulfonamides is 1. The van der Waals surface area contributed by atoms with E-state index in [-0.39, 0.29) is 29.7 Å². The lowest BCUT2D eigenvalue weighted by Gasteiger charge is -2.26. The highest BCUT2D eigenvalue weighted by Crippen LogP contribution is 2.27. The number of amides is 2. The molecule has 2 rings (SSSR count). The average molecular weight is 665 g/mol. The maximum absolute atomic E-state index is 13.9. The van der Waals surface area contributed by atoms with Crippen LogP contribution in [0.2, 0.25) is 0 Å². The summed E-state index contributed by atoms with van der Waals surface area (Å²) in [6, 6.07) is 4.39. The molecule has 2 aromatic rings. The van der Waals surface area contributed by atoms with Gasteiger partial charge in [-0.2, -0.15) is 21.6 Å². The summed E-state index contributed by atoms with van der Waals surface area (Å²) < 4.78 is 92.5. The van der Waals surface area contributed by atoms with Crippen molar-refractivity contribution in [3.63, 3.8) is 0 Å². The van der Waals surface area contributed by atoms with Gasteiger partial charge in [0, 0.05) is 36.8 Å². The SMILES string of the molecule is CCCN(CCC)C(=O)c1cc(NS(=O)(=O)C(F)(F)F)cc(C(=O)N[C@@H](Cc2cc(F)cc(F)c2)[C@H](O)CNCCC(C)C)c1. The van der Waals surface area contributed by atoms with E-state index in [1.54, 1.807) is 0 Å². The molecule has 0 heterocycles. The van der Waals surface area contributed by atoms with E-state index in [2.05, 4.69) is 10.6 Å². The van der Waals surface area contributed by atoms with Gasteiger partial charge in [0.05, 0.1) is 17.8 Å². The first-order valence-corrected chi connectivity index (χ1v) is 16.1. The van der Waals surface area contributed by atoms with Gasteiger partial charge in [-0.1, -0.05) is 27.7 Å². The fourth-order valence-corrected chi connectivity index (χ4v) is 5.04. The third-order valence-electron chi connectivity index (χ3n) is 6.68. The number of rotatable bonds is 17. The zero-order valence-electron chi connectivity index (χ0n) is 25.7. The predicted molar refractivity (Wildman–Crippen MR) is 161 cm³/mol. The Bertz CT molecular complexity index is 1380. The van der Waals surface area contributed by atoms with Crippen LogP contribution in [0.15, 0.2) is 36.4 Å². The molecular formula is C30H41F5N4O5S. The summed E-state index contributed by atoms with van der Waals surface area (Å²) in [7, 11) is -5.91. The van der Waals surface area contributed by atoms with Crippen molar-refractivity contribution >= 4 is 27.5 Å². The highest BCUT2D eigenvalue weighted by atomic mass is 32.2. The smallest absolute Gasteiger partial charge is 0.390 e. The third-order valence-corrected chi connectivity index (χ3v) is 7.80. The van der Waals surface area contributed by atoms with Crippen molar-refractivity contribution in [3.8, 4) is 0 Å². The number of alkyl halides is 3. The number of carbonyl (C=O) groups excluding carboxylic acids is 2. The molecule has 0 aliphatic rings. The number of carbonyl (C=O) groups is 2. The van der Waals surface area contributed by atoms with Gasteiger partial charge in [-0.3, -0.25) is 14.3 Å². The fourth-order valence-electron chi connectivity index (χ4n) is 4.49. The van der Waals surface area contributed by atoms with Crippen molar-refractivity contribution in [2.24, 2.45) is 5.92 Å². The normalized spacial score (nSPS) is 13.4. The van der Waals surface area contributed by atoms with E-state index in [4.69, 9.17) is 0 Å². The molecule has 2 aromatic carbocycles. The summed E-state index contributed by atoms with van der Waals surface area (Å²) in [5, 5.41) is 16.5. The summed E-state index contributed by atoms with van der Waals surface area (Å²) >= 11 is 0. The van der Waals surface area contributed by atoms with Crippen molar-refractivity contribution < 1.29 is 45.1 Å². The first-order chi connectivity index (χ1) is 21.0. The highest BCUT2D eigenvalue weighted by molar-refractivity contribution is 7.93. The first kappa shape index (κ1) is 37.9. The van der Waals surface area contributed by atoms with E-state index in [0.717, 1.165) is 36.8 Å². The van der Waals surface area contributed by atoms with Gasteiger partial charge in [-0.25, -0.2) is 8.78 Å². The maximum Gasteiger partial charge on any atom is 0.516 e. The van der Waals surface area contributed by atoms with E-state index in [1.165, 1.54) is 9.62 Å². The minimum Gasteiger partial charge on any atom is -0.390 e. The molecule has 2 atom stereocenters. The van der Waals surface area contributed by atoms with Gasteiger partial charge in [-0.15, -0.1) is 0 Å². The number of hydrogen-bond acceptors (Lipinski definition) is 6. The molecule has 0 bridgehead atoms. The second kappa shape index (κ2) is 16.9. The number of aliphatic hydroxyl groups is 1. The number of nitrogens with one attached hydrogen (secondary N) is 3. The highest BCUT2D eigenvalue weighted by Gasteiger charge is 2.46. The minimum atomic E-state index is -5.91. The van der Waals surface area contributed by atoms with Crippen molar-refractivity contribution in [2.45, 2.75) is 71.0 Å². The molecule has 9 nitrogen and oxygen atoms in total. The van der Waals surface area contributed by atoms with Crippen LogP contribution in [0.4, 0.5) is 27.6 Å². The molecule has 4 N–H and O–H groups in total. The molecule has 45 heavy (non-hydrogen) atoms. The zero-order chi connectivity index (χ0) is 33.9. The standard InChI is InChI=1S/C30H41F5N4O5S/c1-5-9-39(10-6-2)29(42)22-14-21(15-25(16-22)38-45(43,44)30(33,34)35)28(41)37-26(27(40)18-36-8-7-19(3)4)13-20-11-23(31)17-24(32)12-20/h11-12,14-17,19,26-27,36,38,40H,5-10,13,18H2,1-4H3,(H,37,41)/t26-,27+/m0/s1. The molecule has 15 heteroatoms. The lowest BCUT2D eigenvalue weighted by Crippen LogP contribution is -2.49. The quantitative estimate of drug-likeness (QED) is 0.142. The monoisotopic (exact) mass is 664 g/mol. The molecule has 0 aliphatic carbocycles. The number of halogens is 5. The van der Waals surface area contributed by atoms with Gasteiger partial charge in [0.25, 0.3) is 11.8 Å². The molecule has 0 unspecified atom stereocenters. The van der Waals surface area contributed by atoms with Crippen molar-refractivity contribution in [1.29, 1.82) is 0 Å². The number of hydrogen-bond donors (Lipinski definition) is 4. The fraction of sp³-hybridized carbons (Fsp3) is 0.533. The lowest BCUT2D eigenvalue weighted by molar-refractivity contribution is -0.0429. The van der Waals surface area contributed by atoms with Crippen molar-refractivity contribution in [3.05, 3.63) is 64.7 Å². The number of benzene rings is 2. The van der Waals surface area contributed by atoms with Crippen LogP contribution in [-0.2, 0) is 16.4 Å². The largest absolute Gasteiger partial charge is 0.516 e. The second-order valence-electron chi connectivity index (χ2n) is 11.2. The van der Waals surface area contributed by atoms with Crippen LogP contribution < -0.4 is 15.4 Å². The maximum atomic E-state index is 13.9. The predicted octanol–water partition coefficient (Wildman–Crippen LogP) is 4.83. The van der Waals surface area contributed by atoms with E-state index < -0.39 is 56.8 Å². The molecule has 0 aromatic heterocycles.